The normalized spacial score (nSPS) is 20.4. The molecule has 0 radical (unpaired) electrons. The molecule has 1 aromatic carbocycles. The minimum Gasteiger partial charge on any atom is -0.377 e. The highest BCUT2D eigenvalue weighted by molar-refractivity contribution is 9.10. The Balaban J connectivity index is 2.07. The summed E-state index contributed by atoms with van der Waals surface area (Å²) < 4.78 is 6.90. The zero-order chi connectivity index (χ0) is 15.5. The van der Waals surface area contributed by atoms with E-state index in [1.165, 1.54) is 15.7 Å². The van der Waals surface area contributed by atoms with Gasteiger partial charge >= 0.3 is 0 Å². The lowest BCUT2D eigenvalue weighted by molar-refractivity contribution is 0.0821. The predicted molar refractivity (Wildman–Crippen MR) is 93.0 cm³/mol. The second kappa shape index (κ2) is 7.12. The summed E-state index contributed by atoms with van der Waals surface area (Å²) in [5.74, 6) is 0. The minimum absolute atomic E-state index is 0.135. The average Bonchev–Trinajstić information content (AvgIpc) is 2.61. The van der Waals surface area contributed by atoms with E-state index in [2.05, 4.69) is 72.0 Å². The Morgan fingerprint density at radius 3 is 2.81 bits per heavy atom. The topological polar surface area (TPSA) is 24.5 Å². The van der Waals surface area contributed by atoms with E-state index in [0.29, 0.717) is 6.10 Å². The molecule has 0 amide bonds. The Morgan fingerprint density at radius 2 is 2.14 bits per heavy atom. The summed E-state index contributed by atoms with van der Waals surface area (Å²) >= 11 is 3.72. The molecule has 0 saturated carbocycles. The summed E-state index contributed by atoms with van der Waals surface area (Å²) in [6, 6.07) is 6.68. The second-order valence-corrected chi connectivity index (χ2v) is 7.71. The van der Waals surface area contributed by atoms with Gasteiger partial charge in [0.2, 0.25) is 0 Å². The van der Waals surface area contributed by atoms with Gasteiger partial charge in [0.25, 0.3) is 0 Å². The van der Waals surface area contributed by atoms with Gasteiger partial charge < -0.3 is 15.0 Å². The molecule has 1 aliphatic rings. The van der Waals surface area contributed by atoms with Crippen molar-refractivity contribution in [2.45, 2.75) is 52.3 Å². The Labute approximate surface area is 137 Å². The van der Waals surface area contributed by atoms with Gasteiger partial charge in [-0.1, -0.05) is 22.0 Å². The monoisotopic (exact) mass is 354 g/mol. The molecule has 1 aromatic rings. The molecule has 0 spiro atoms. The molecule has 1 N–H and O–H groups in total. The molecule has 1 aliphatic heterocycles. The van der Waals surface area contributed by atoms with Gasteiger partial charge in [-0.25, -0.2) is 0 Å². The van der Waals surface area contributed by atoms with E-state index in [1.807, 2.05) is 0 Å². The molecular formula is C17H27BrN2O. The lowest BCUT2D eigenvalue weighted by Crippen LogP contribution is -2.35. The minimum atomic E-state index is 0.135. The molecule has 3 nitrogen and oxygen atoms in total. The van der Waals surface area contributed by atoms with Crippen molar-refractivity contribution in [2.24, 2.45) is 0 Å². The number of rotatable bonds is 3. The number of anilines is 1. The van der Waals surface area contributed by atoms with Crippen molar-refractivity contribution < 1.29 is 4.74 Å². The van der Waals surface area contributed by atoms with Gasteiger partial charge in [0.1, 0.15) is 0 Å². The first-order chi connectivity index (χ1) is 9.85. The third kappa shape index (κ3) is 5.28. The molecule has 118 valence electrons. The molecule has 0 aliphatic carbocycles. The average molecular weight is 355 g/mol. The van der Waals surface area contributed by atoms with E-state index in [0.717, 1.165) is 32.7 Å². The van der Waals surface area contributed by atoms with Gasteiger partial charge in [-0.05, 0) is 51.8 Å². The van der Waals surface area contributed by atoms with Crippen molar-refractivity contribution >= 4 is 21.6 Å². The Morgan fingerprint density at radius 1 is 1.38 bits per heavy atom. The third-order valence-electron chi connectivity index (χ3n) is 3.66. The SMILES string of the molecule is CC1CN(c2ccc(CNC(C)(C)C)c(Br)c2)CCCO1. The number of nitrogens with one attached hydrogen (secondary N) is 1. The van der Waals surface area contributed by atoms with Gasteiger partial charge in [0.05, 0.1) is 6.10 Å². The van der Waals surface area contributed by atoms with Crippen molar-refractivity contribution in [3.05, 3.63) is 28.2 Å². The van der Waals surface area contributed by atoms with Crippen LogP contribution < -0.4 is 10.2 Å². The van der Waals surface area contributed by atoms with Gasteiger partial charge in [-0.2, -0.15) is 0 Å². The number of halogens is 1. The highest BCUT2D eigenvalue weighted by Gasteiger charge is 2.16. The highest BCUT2D eigenvalue weighted by atomic mass is 79.9. The molecule has 1 heterocycles. The first-order valence-corrected chi connectivity index (χ1v) is 8.54. The summed E-state index contributed by atoms with van der Waals surface area (Å²) in [4.78, 5) is 2.42. The molecule has 0 bridgehead atoms. The fourth-order valence-corrected chi connectivity index (χ4v) is 2.97. The van der Waals surface area contributed by atoms with Crippen LogP contribution in [0.5, 0.6) is 0 Å². The zero-order valence-electron chi connectivity index (χ0n) is 13.6. The quantitative estimate of drug-likeness (QED) is 0.889. The van der Waals surface area contributed by atoms with E-state index < -0.39 is 0 Å². The second-order valence-electron chi connectivity index (χ2n) is 6.86. The summed E-state index contributed by atoms with van der Waals surface area (Å²) in [5.41, 5.74) is 2.71. The zero-order valence-corrected chi connectivity index (χ0v) is 15.2. The molecule has 21 heavy (non-hydrogen) atoms. The van der Waals surface area contributed by atoms with Crippen LogP contribution in [0.4, 0.5) is 5.69 Å². The predicted octanol–water partition coefficient (Wildman–Crippen LogP) is 3.95. The van der Waals surface area contributed by atoms with Crippen LogP contribution in [0.15, 0.2) is 22.7 Å². The molecule has 1 saturated heterocycles. The van der Waals surface area contributed by atoms with Crippen molar-refractivity contribution in [2.75, 3.05) is 24.6 Å². The maximum Gasteiger partial charge on any atom is 0.0721 e. The molecule has 4 heteroatoms. The van der Waals surface area contributed by atoms with Crippen LogP contribution >= 0.6 is 15.9 Å². The smallest absolute Gasteiger partial charge is 0.0721 e. The lowest BCUT2D eigenvalue weighted by Gasteiger charge is -2.25. The van der Waals surface area contributed by atoms with Crippen LogP contribution in [0, 0.1) is 0 Å². The fraction of sp³-hybridized carbons (Fsp3) is 0.647. The summed E-state index contributed by atoms with van der Waals surface area (Å²) in [7, 11) is 0. The van der Waals surface area contributed by atoms with Crippen molar-refractivity contribution in [3.63, 3.8) is 0 Å². The third-order valence-corrected chi connectivity index (χ3v) is 4.40. The van der Waals surface area contributed by atoms with Crippen molar-refractivity contribution in [1.29, 1.82) is 0 Å². The van der Waals surface area contributed by atoms with Gasteiger partial charge in [-0.3, -0.25) is 0 Å². The first kappa shape index (κ1) is 16.8. The maximum atomic E-state index is 5.72. The molecular weight excluding hydrogens is 328 g/mol. The van der Waals surface area contributed by atoms with Crippen LogP contribution in [0.1, 0.15) is 39.7 Å². The Bertz CT molecular complexity index is 470. The first-order valence-electron chi connectivity index (χ1n) is 7.75. The van der Waals surface area contributed by atoms with Crippen LogP contribution in [0.25, 0.3) is 0 Å². The Hall–Kier alpha value is -0.580. The Kier molecular flexibility index (Phi) is 5.69. The number of hydrogen-bond acceptors (Lipinski definition) is 3. The summed E-state index contributed by atoms with van der Waals surface area (Å²) in [5, 5.41) is 3.53. The van der Waals surface area contributed by atoms with E-state index in [9.17, 15) is 0 Å². The van der Waals surface area contributed by atoms with Crippen LogP contribution in [-0.2, 0) is 11.3 Å². The molecule has 2 rings (SSSR count). The summed E-state index contributed by atoms with van der Waals surface area (Å²) in [6.07, 6.45) is 1.39. The van der Waals surface area contributed by atoms with Crippen molar-refractivity contribution in [3.8, 4) is 0 Å². The molecule has 1 fully saturated rings. The maximum absolute atomic E-state index is 5.72. The van der Waals surface area contributed by atoms with Gasteiger partial charge in [0.15, 0.2) is 0 Å². The van der Waals surface area contributed by atoms with Gasteiger partial charge in [-0.15, -0.1) is 0 Å². The number of ether oxygens (including phenoxy) is 1. The van der Waals surface area contributed by atoms with Gasteiger partial charge in [0, 0.05) is 41.9 Å². The number of benzene rings is 1. The van der Waals surface area contributed by atoms with Crippen LogP contribution in [0.3, 0.4) is 0 Å². The fourth-order valence-electron chi connectivity index (χ4n) is 2.47. The van der Waals surface area contributed by atoms with E-state index >= 15 is 0 Å². The molecule has 0 aromatic heterocycles. The number of hydrogen-bond donors (Lipinski definition) is 1. The standard InChI is InChI=1S/C17H27BrN2O/c1-13-12-20(8-5-9-21-13)15-7-6-14(16(18)10-15)11-19-17(2,3)4/h6-7,10,13,19H,5,8-9,11-12H2,1-4H3. The van der Waals surface area contributed by atoms with E-state index in [4.69, 9.17) is 4.74 Å². The lowest BCUT2D eigenvalue weighted by atomic mass is 10.1. The highest BCUT2D eigenvalue weighted by Crippen LogP contribution is 2.26. The molecule has 1 atom stereocenters. The molecule has 1 unspecified atom stereocenters. The van der Waals surface area contributed by atoms with Crippen LogP contribution in [0.2, 0.25) is 0 Å². The van der Waals surface area contributed by atoms with Crippen LogP contribution in [-0.4, -0.2) is 31.3 Å². The van der Waals surface area contributed by atoms with E-state index in [-0.39, 0.29) is 5.54 Å². The van der Waals surface area contributed by atoms with Crippen molar-refractivity contribution in [1.82, 2.24) is 5.32 Å². The largest absolute Gasteiger partial charge is 0.377 e. The summed E-state index contributed by atoms with van der Waals surface area (Å²) in [6.45, 7) is 12.5. The van der Waals surface area contributed by atoms with E-state index in [1.54, 1.807) is 0 Å². The number of nitrogens with zero attached hydrogens (tertiary/aromatic N) is 1.